The van der Waals surface area contributed by atoms with Gasteiger partial charge in [0, 0.05) is 20.0 Å². The van der Waals surface area contributed by atoms with Crippen LogP contribution in [-0.4, -0.2) is 56.5 Å². The van der Waals surface area contributed by atoms with Gasteiger partial charge >= 0.3 is 0 Å². The average molecular weight is 322 g/mol. The molecule has 4 nitrogen and oxygen atoms in total. The average Bonchev–Trinajstić information content (AvgIpc) is 2.59. The number of quaternary nitrogens is 1. The molecule has 2 rings (SSSR count). The zero-order chi connectivity index (χ0) is 15.8. The molecule has 1 heterocycles. The Morgan fingerprint density at radius 1 is 1.32 bits per heavy atom. The quantitative estimate of drug-likeness (QED) is 0.600. The first-order valence-corrected chi connectivity index (χ1v) is 8.56. The summed E-state index contributed by atoms with van der Waals surface area (Å²) >= 11 is 5.51. The van der Waals surface area contributed by atoms with Crippen LogP contribution in [0.3, 0.4) is 0 Å². The minimum Gasteiger partial charge on any atom is -0.370 e. The molecule has 122 valence electrons. The summed E-state index contributed by atoms with van der Waals surface area (Å²) in [7, 11) is 2.06. The number of hydrogen-bond donors (Lipinski definition) is 2. The van der Waals surface area contributed by atoms with Gasteiger partial charge in [0.25, 0.3) is 0 Å². The SMILES string of the molecule is C[C@H](c1ccccc1)N(C)C(=S)NCCC[NH+]1CCOCC1. The number of rotatable bonds is 6. The van der Waals surface area contributed by atoms with Crippen LogP contribution in [0.25, 0.3) is 0 Å². The molecule has 0 aliphatic carbocycles. The summed E-state index contributed by atoms with van der Waals surface area (Å²) in [6.45, 7) is 8.38. The van der Waals surface area contributed by atoms with Gasteiger partial charge < -0.3 is 19.9 Å². The topological polar surface area (TPSA) is 28.9 Å². The summed E-state index contributed by atoms with van der Waals surface area (Å²) in [5.74, 6) is 0. The number of benzene rings is 1. The molecule has 1 fully saturated rings. The third-order valence-electron chi connectivity index (χ3n) is 4.37. The van der Waals surface area contributed by atoms with Crippen molar-refractivity contribution in [1.82, 2.24) is 10.2 Å². The van der Waals surface area contributed by atoms with Crippen molar-refractivity contribution in [2.75, 3.05) is 46.4 Å². The molecule has 1 aliphatic rings. The van der Waals surface area contributed by atoms with Crippen LogP contribution in [0.2, 0.25) is 0 Å². The number of thiocarbonyl (C=S) groups is 1. The van der Waals surface area contributed by atoms with Crippen LogP contribution in [-0.2, 0) is 4.74 Å². The van der Waals surface area contributed by atoms with Crippen molar-refractivity contribution >= 4 is 17.3 Å². The summed E-state index contributed by atoms with van der Waals surface area (Å²) < 4.78 is 5.38. The van der Waals surface area contributed by atoms with E-state index in [1.165, 1.54) is 12.1 Å². The molecule has 0 bridgehead atoms. The molecule has 2 N–H and O–H groups in total. The highest BCUT2D eigenvalue weighted by atomic mass is 32.1. The van der Waals surface area contributed by atoms with E-state index in [1.807, 2.05) is 6.07 Å². The van der Waals surface area contributed by atoms with Gasteiger partial charge in [0.1, 0.15) is 13.1 Å². The van der Waals surface area contributed by atoms with E-state index in [0.29, 0.717) is 0 Å². The number of hydrogen-bond acceptors (Lipinski definition) is 2. The maximum atomic E-state index is 5.51. The van der Waals surface area contributed by atoms with Crippen molar-refractivity contribution in [2.24, 2.45) is 0 Å². The van der Waals surface area contributed by atoms with Crippen molar-refractivity contribution in [3.63, 3.8) is 0 Å². The normalized spacial score (nSPS) is 17.0. The van der Waals surface area contributed by atoms with Crippen molar-refractivity contribution in [2.45, 2.75) is 19.4 Å². The molecule has 1 saturated heterocycles. The van der Waals surface area contributed by atoms with Gasteiger partial charge in [0.2, 0.25) is 0 Å². The minimum atomic E-state index is 0.283. The third-order valence-corrected chi connectivity index (χ3v) is 4.80. The molecule has 0 radical (unpaired) electrons. The summed E-state index contributed by atoms with van der Waals surface area (Å²) in [5, 5.41) is 4.21. The van der Waals surface area contributed by atoms with E-state index in [2.05, 4.69) is 48.5 Å². The van der Waals surface area contributed by atoms with Crippen LogP contribution in [0, 0.1) is 0 Å². The zero-order valence-corrected chi connectivity index (χ0v) is 14.5. The minimum absolute atomic E-state index is 0.283. The Morgan fingerprint density at radius 2 is 2.00 bits per heavy atom. The maximum Gasteiger partial charge on any atom is 0.169 e. The first kappa shape index (κ1) is 17.2. The number of ether oxygens (including phenoxy) is 1. The molecule has 0 unspecified atom stereocenters. The van der Waals surface area contributed by atoms with E-state index < -0.39 is 0 Å². The molecule has 0 aromatic heterocycles. The molecule has 0 amide bonds. The van der Waals surface area contributed by atoms with Gasteiger partial charge in [0.15, 0.2) is 5.11 Å². The molecule has 1 aromatic carbocycles. The van der Waals surface area contributed by atoms with E-state index in [0.717, 1.165) is 44.4 Å². The van der Waals surface area contributed by atoms with Crippen LogP contribution in [0.15, 0.2) is 30.3 Å². The monoisotopic (exact) mass is 322 g/mol. The lowest BCUT2D eigenvalue weighted by atomic mass is 10.1. The Morgan fingerprint density at radius 3 is 2.68 bits per heavy atom. The molecular formula is C17H28N3OS+. The second-order valence-corrected chi connectivity index (χ2v) is 6.28. The highest BCUT2D eigenvalue weighted by molar-refractivity contribution is 7.80. The smallest absolute Gasteiger partial charge is 0.169 e. The first-order chi connectivity index (χ1) is 10.7. The van der Waals surface area contributed by atoms with E-state index in [1.54, 1.807) is 4.90 Å². The lowest BCUT2D eigenvalue weighted by Crippen LogP contribution is -3.14. The largest absolute Gasteiger partial charge is 0.370 e. The zero-order valence-electron chi connectivity index (χ0n) is 13.7. The Hall–Kier alpha value is -1.17. The molecule has 1 aliphatic heterocycles. The maximum absolute atomic E-state index is 5.51. The van der Waals surface area contributed by atoms with Crippen LogP contribution in [0.5, 0.6) is 0 Å². The molecule has 22 heavy (non-hydrogen) atoms. The fraction of sp³-hybridized carbons (Fsp3) is 0.588. The molecule has 0 saturated carbocycles. The van der Waals surface area contributed by atoms with Crippen LogP contribution in [0.4, 0.5) is 0 Å². The van der Waals surface area contributed by atoms with E-state index in [4.69, 9.17) is 17.0 Å². The van der Waals surface area contributed by atoms with Gasteiger partial charge in [-0.3, -0.25) is 0 Å². The summed E-state index contributed by atoms with van der Waals surface area (Å²) in [6.07, 6.45) is 1.14. The van der Waals surface area contributed by atoms with Gasteiger partial charge in [-0.15, -0.1) is 0 Å². The number of nitrogens with zero attached hydrogens (tertiary/aromatic N) is 1. The fourth-order valence-corrected chi connectivity index (χ4v) is 2.96. The van der Waals surface area contributed by atoms with Crippen LogP contribution >= 0.6 is 12.2 Å². The van der Waals surface area contributed by atoms with Crippen molar-refractivity contribution < 1.29 is 9.64 Å². The lowest BCUT2D eigenvalue weighted by molar-refractivity contribution is -0.908. The van der Waals surface area contributed by atoms with Gasteiger partial charge in [-0.25, -0.2) is 0 Å². The summed E-state index contributed by atoms with van der Waals surface area (Å²) in [6, 6.07) is 10.8. The Bertz CT molecular complexity index is 448. The molecule has 0 spiro atoms. The Labute approximate surface area is 139 Å². The van der Waals surface area contributed by atoms with E-state index in [9.17, 15) is 0 Å². The molecule has 1 aromatic rings. The predicted molar refractivity (Wildman–Crippen MR) is 94.2 cm³/mol. The highest BCUT2D eigenvalue weighted by Gasteiger charge is 2.15. The molecule has 5 heteroatoms. The van der Waals surface area contributed by atoms with Gasteiger partial charge in [0.05, 0.1) is 25.8 Å². The standard InChI is InChI=1S/C17H27N3OS/c1-15(16-7-4-3-5-8-16)19(2)17(22)18-9-6-10-20-11-13-21-14-12-20/h3-5,7-8,15H,6,9-14H2,1-2H3,(H,18,22)/p+1/t15-/m1/s1. The number of nitrogens with one attached hydrogen (secondary N) is 2. The van der Waals surface area contributed by atoms with Gasteiger partial charge in [-0.2, -0.15) is 0 Å². The fourth-order valence-electron chi connectivity index (χ4n) is 2.70. The van der Waals surface area contributed by atoms with Gasteiger partial charge in [-0.05, 0) is 24.7 Å². The molecule has 1 atom stereocenters. The number of morpholine rings is 1. The second-order valence-electron chi connectivity index (χ2n) is 5.90. The van der Waals surface area contributed by atoms with Crippen LogP contribution < -0.4 is 10.2 Å². The third kappa shape index (κ3) is 5.23. The highest BCUT2D eigenvalue weighted by Crippen LogP contribution is 2.17. The second kappa shape index (κ2) is 9.08. The summed E-state index contributed by atoms with van der Waals surface area (Å²) in [4.78, 5) is 3.77. The first-order valence-electron chi connectivity index (χ1n) is 8.15. The van der Waals surface area contributed by atoms with Crippen LogP contribution in [0.1, 0.15) is 24.9 Å². The van der Waals surface area contributed by atoms with E-state index in [-0.39, 0.29) is 6.04 Å². The predicted octanol–water partition coefficient (Wildman–Crippen LogP) is 0.859. The van der Waals surface area contributed by atoms with Crippen molar-refractivity contribution in [3.8, 4) is 0 Å². The van der Waals surface area contributed by atoms with E-state index >= 15 is 0 Å². The summed E-state index contributed by atoms with van der Waals surface area (Å²) in [5.41, 5.74) is 1.28. The van der Waals surface area contributed by atoms with Crippen molar-refractivity contribution in [3.05, 3.63) is 35.9 Å². The van der Waals surface area contributed by atoms with Gasteiger partial charge in [-0.1, -0.05) is 30.3 Å². The Balaban J connectivity index is 1.67. The Kier molecular flexibility index (Phi) is 7.09. The van der Waals surface area contributed by atoms with Crippen molar-refractivity contribution in [1.29, 1.82) is 0 Å². The lowest BCUT2D eigenvalue weighted by Gasteiger charge is -2.28. The molecular weight excluding hydrogens is 294 g/mol.